The number of nitrogens with zero attached hydrogens (tertiary/aromatic N) is 3. The van der Waals surface area contributed by atoms with E-state index in [0.29, 0.717) is 29.4 Å². The molecule has 0 unspecified atom stereocenters. The van der Waals surface area contributed by atoms with E-state index in [1.54, 1.807) is 24.0 Å². The Labute approximate surface area is 152 Å². The first-order valence-corrected chi connectivity index (χ1v) is 8.63. The second-order valence-electron chi connectivity index (χ2n) is 6.84. The van der Waals surface area contributed by atoms with Crippen molar-refractivity contribution < 1.29 is 9.72 Å². The molecule has 2 aromatic carbocycles. The fourth-order valence-corrected chi connectivity index (χ4v) is 2.97. The quantitative estimate of drug-likeness (QED) is 0.591. The molecule has 0 N–H and O–H groups in total. The highest BCUT2D eigenvalue weighted by molar-refractivity contribution is 6.54. The van der Waals surface area contributed by atoms with Crippen molar-refractivity contribution in [3.8, 4) is 0 Å². The van der Waals surface area contributed by atoms with Crippen LogP contribution in [0.1, 0.15) is 31.4 Å². The van der Waals surface area contributed by atoms with Crippen LogP contribution < -0.4 is 4.90 Å². The van der Waals surface area contributed by atoms with Gasteiger partial charge >= 0.3 is 0 Å². The van der Waals surface area contributed by atoms with Crippen LogP contribution in [-0.4, -0.2) is 23.1 Å². The lowest BCUT2D eigenvalue weighted by Gasteiger charge is -2.17. The van der Waals surface area contributed by atoms with Crippen molar-refractivity contribution in [2.75, 3.05) is 11.4 Å². The molecule has 1 aliphatic heterocycles. The van der Waals surface area contributed by atoms with Crippen molar-refractivity contribution in [1.29, 1.82) is 0 Å². The Balaban J connectivity index is 2.02. The first-order valence-electron chi connectivity index (χ1n) is 8.63. The Bertz CT molecular complexity index is 903. The zero-order valence-electron chi connectivity index (χ0n) is 15.1. The van der Waals surface area contributed by atoms with Gasteiger partial charge in [0.15, 0.2) is 0 Å². The van der Waals surface area contributed by atoms with E-state index in [0.717, 1.165) is 17.7 Å². The first kappa shape index (κ1) is 17.8. The summed E-state index contributed by atoms with van der Waals surface area (Å²) in [6, 6.07) is 12.3. The maximum absolute atomic E-state index is 12.9. The summed E-state index contributed by atoms with van der Waals surface area (Å²) in [6.07, 6.45) is 0.892. The smallest absolute Gasteiger partial charge is 0.277 e. The minimum Gasteiger partial charge on any atom is -0.306 e. The summed E-state index contributed by atoms with van der Waals surface area (Å²) >= 11 is 0. The van der Waals surface area contributed by atoms with Crippen LogP contribution in [0.15, 0.2) is 47.5 Å². The van der Waals surface area contributed by atoms with Gasteiger partial charge in [-0.15, -0.1) is 0 Å². The number of anilines is 1. The number of nitro groups is 1. The molecule has 0 fully saturated rings. The lowest BCUT2D eigenvalue weighted by atomic mass is 10.1. The molecule has 2 aromatic rings. The molecule has 0 spiro atoms. The zero-order valence-corrected chi connectivity index (χ0v) is 15.1. The van der Waals surface area contributed by atoms with Crippen molar-refractivity contribution >= 4 is 28.7 Å². The number of hydrogen-bond acceptors (Lipinski definition) is 4. The van der Waals surface area contributed by atoms with Crippen molar-refractivity contribution in [1.82, 2.24) is 0 Å². The van der Waals surface area contributed by atoms with Crippen LogP contribution in [0.5, 0.6) is 0 Å². The highest BCUT2D eigenvalue weighted by Gasteiger charge is 2.33. The molecule has 6 heteroatoms. The minimum atomic E-state index is -0.432. The summed E-state index contributed by atoms with van der Waals surface area (Å²) in [7, 11) is 0. The van der Waals surface area contributed by atoms with Crippen LogP contribution in [0.25, 0.3) is 0 Å². The van der Waals surface area contributed by atoms with Gasteiger partial charge in [0.05, 0.1) is 16.3 Å². The SMILES string of the molecule is Cc1ccc(N=C2C(=O)N(CCC(C)C)c3ccccc32)cc1[N+](=O)[O-]. The number of para-hydroxylation sites is 1. The normalized spacial score (nSPS) is 15.0. The van der Waals surface area contributed by atoms with Crippen molar-refractivity contribution in [3.05, 3.63) is 63.7 Å². The Hall–Kier alpha value is -3.02. The maximum atomic E-state index is 12.9. The lowest BCUT2D eigenvalue weighted by Crippen LogP contribution is -2.31. The Morgan fingerprint density at radius 1 is 1.19 bits per heavy atom. The minimum absolute atomic E-state index is 0.00208. The molecule has 3 rings (SSSR count). The molecule has 0 aliphatic carbocycles. The van der Waals surface area contributed by atoms with Crippen LogP contribution in [0.3, 0.4) is 0 Å². The molecule has 1 amide bonds. The van der Waals surface area contributed by atoms with E-state index in [-0.39, 0.29) is 11.6 Å². The average Bonchev–Trinajstić information content (AvgIpc) is 2.86. The third kappa shape index (κ3) is 3.35. The third-order valence-corrected chi connectivity index (χ3v) is 4.46. The number of fused-ring (bicyclic) bond motifs is 1. The number of rotatable bonds is 5. The van der Waals surface area contributed by atoms with Gasteiger partial charge in [0.2, 0.25) is 0 Å². The summed E-state index contributed by atoms with van der Waals surface area (Å²) in [6.45, 7) is 6.54. The number of amides is 1. The number of hydrogen-bond donors (Lipinski definition) is 0. The summed E-state index contributed by atoms with van der Waals surface area (Å²) in [5, 5.41) is 11.2. The second-order valence-corrected chi connectivity index (χ2v) is 6.84. The van der Waals surface area contributed by atoms with Crippen LogP contribution in [0.4, 0.5) is 17.1 Å². The van der Waals surface area contributed by atoms with Crippen LogP contribution in [-0.2, 0) is 4.79 Å². The topological polar surface area (TPSA) is 75.8 Å². The molecule has 0 atom stereocenters. The Kier molecular flexibility index (Phi) is 4.84. The van der Waals surface area contributed by atoms with Gasteiger partial charge in [-0.25, -0.2) is 4.99 Å². The monoisotopic (exact) mass is 351 g/mol. The van der Waals surface area contributed by atoms with Crippen molar-refractivity contribution in [3.63, 3.8) is 0 Å². The molecule has 26 heavy (non-hydrogen) atoms. The molecular weight excluding hydrogens is 330 g/mol. The number of aryl methyl sites for hydroxylation is 1. The van der Waals surface area contributed by atoms with Gasteiger partial charge in [0.1, 0.15) is 5.71 Å². The van der Waals surface area contributed by atoms with Gasteiger partial charge in [-0.05, 0) is 31.4 Å². The zero-order chi connectivity index (χ0) is 18.8. The molecular formula is C20H21N3O3. The summed E-state index contributed by atoms with van der Waals surface area (Å²) in [5.41, 5.74) is 2.93. The summed E-state index contributed by atoms with van der Waals surface area (Å²) < 4.78 is 0. The molecule has 134 valence electrons. The van der Waals surface area contributed by atoms with E-state index in [1.807, 2.05) is 24.3 Å². The van der Waals surface area contributed by atoms with Gasteiger partial charge in [-0.2, -0.15) is 0 Å². The van der Waals surface area contributed by atoms with Gasteiger partial charge < -0.3 is 4.90 Å². The van der Waals surface area contributed by atoms with E-state index < -0.39 is 4.92 Å². The molecule has 0 aromatic heterocycles. The molecule has 6 nitrogen and oxygen atoms in total. The highest BCUT2D eigenvalue weighted by atomic mass is 16.6. The molecule has 0 radical (unpaired) electrons. The van der Waals surface area contributed by atoms with E-state index in [1.165, 1.54) is 6.07 Å². The fourth-order valence-electron chi connectivity index (χ4n) is 2.97. The number of aliphatic imine (C=N–C) groups is 1. The summed E-state index contributed by atoms with van der Waals surface area (Å²) in [5.74, 6) is 0.325. The van der Waals surface area contributed by atoms with E-state index in [2.05, 4.69) is 18.8 Å². The largest absolute Gasteiger partial charge is 0.306 e. The third-order valence-electron chi connectivity index (χ3n) is 4.46. The van der Waals surface area contributed by atoms with Crippen molar-refractivity contribution in [2.45, 2.75) is 27.2 Å². The van der Waals surface area contributed by atoms with Gasteiger partial charge in [-0.1, -0.05) is 38.1 Å². The average molecular weight is 351 g/mol. The van der Waals surface area contributed by atoms with E-state index in [4.69, 9.17) is 0 Å². The van der Waals surface area contributed by atoms with Gasteiger partial charge in [0, 0.05) is 23.7 Å². The maximum Gasteiger partial charge on any atom is 0.277 e. The van der Waals surface area contributed by atoms with E-state index in [9.17, 15) is 14.9 Å². The predicted molar refractivity (Wildman–Crippen MR) is 102 cm³/mol. The molecule has 0 bridgehead atoms. The van der Waals surface area contributed by atoms with Crippen LogP contribution in [0, 0.1) is 23.0 Å². The Morgan fingerprint density at radius 3 is 2.62 bits per heavy atom. The molecule has 1 aliphatic rings. The van der Waals surface area contributed by atoms with Crippen molar-refractivity contribution in [2.24, 2.45) is 10.9 Å². The van der Waals surface area contributed by atoms with Gasteiger partial charge in [0.25, 0.3) is 11.6 Å². The second kappa shape index (κ2) is 7.07. The fraction of sp³-hybridized carbons (Fsp3) is 0.300. The number of benzene rings is 2. The standard InChI is InChI=1S/C20H21N3O3/c1-13(2)10-11-22-17-7-5-4-6-16(17)19(20(22)24)21-15-9-8-14(3)18(12-15)23(25)26/h4-9,12-13H,10-11H2,1-3H3. The molecule has 0 saturated heterocycles. The predicted octanol–water partition coefficient (Wildman–Crippen LogP) is 4.42. The Morgan fingerprint density at radius 2 is 1.92 bits per heavy atom. The van der Waals surface area contributed by atoms with Gasteiger partial charge in [-0.3, -0.25) is 14.9 Å². The van der Waals surface area contributed by atoms with Crippen LogP contribution >= 0.6 is 0 Å². The number of carbonyl (C=O) groups is 1. The van der Waals surface area contributed by atoms with E-state index >= 15 is 0 Å². The first-order chi connectivity index (χ1) is 12.4. The molecule has 1 heterocycles. The highest BCUT2D eigenvalue weighted by Crippen LogP contribution is 2.32. The number of carbonyl (C=O) groups excluding carboxylic acids is 1. The number of nitro benzene ring substituents is 1. The summed E-state index contributed by atoms with van der Waals surface area (Å²) in [4.78, 5) is 29.9. The molecule has 0 saturated carbocycles. The van der Waals surface area contributed by atoms with Crippen LogP contribution in [0.2, 0.25) is 0 Å². The lowest BCUT2D eigenvalue weighted by molar-refractivity contribution is -0.385.